The van der Waals surface area contributed by atoms with Gasteiger partial charge >= 0.3 is 6.18 Å². The Kier molecular flexibility index (Phi) is 5.35. The Morgan fingerprint density at radius 2 is 1.74 bits per heavy atom. The minimum atomic E-state index is -4.47. The molecular formula is C22H15F3N8O. The van der Waals surface area contributed by atoms with Gasteiger partial charge in [-0.05, 0) is 35.4 Å². The molecule has 12 heteroatoms. The fourth-order valence-corrected chi connectivity index (χ4v) is 3.61. The van der Waals surface area contributed by atoms with Crippen molar-refractivity contribution in [3.8, 4) is 29.1 Å². The molecule has 7 N–H and O–H groups in total. The first-order valence-electron chi connectivity index (χ1n) is 9.63. The minimum Gasteiger partial charge on any atom is -0.508 e. The van der Waals surface area contributed by atoms with Gasteiger partial charge in [0.05, 0.1) is 11.3 Å². The van der Waals surface area contributed by atoms with Crippen LogP contribution in [0.25, 0.3) is 11.1 Å². The maximum absolute atomic E-state index is 12.9. The number of nitrogens with zero attached hydrogens (tertiary/aromatic N) is 4. The van der Waals surface area contributed by atoms with Crippen molar-refractivity contribution in [2.24, 2.45) is 4.99 Å². The molecule has 3 aromatic rings. The number of pyridine rings is 1. The molecule has 1 unspecified atom stereocenters. The molecule has 0 fully saturated rings. The molecule has 0 aliphatic carbocycles. The number of phenols is 1. The topological polar surface area (TPSA) is 169 Å². The number of fused-ring (bicyclic) bond motifs is 1. The van der Waals surface area contributed by atoms with Crippen LogP contribution in [0.15, 0.2) is 47.5 Å². The molecule has 170 valence electrons. The summed E-state index contributed by atoms with van der Waals surface area (Å²) >= 11 is 0. The molecule has 0 radical (unpaired) electrons. The number of hydrogen-bond acceptors (Lipinski definition) is 9. The van der Waals surface area contributed by atoms with Crippen molar-refractivity contribution < 1.29 is 18.3 Å². The number of hydrogen-bond donors (Lipinski definition) is 5. The van der Waals surface area contributed by atoms with Gasteiger partial charge in [0.15, 0.2) is 6.19 Å². The van der Waals surface area contributed by atoms with E-state index in [1.165, 1.54) is 30.3 Å². The number of aromatic nitrogens is 1. The van der Waals surface area contributed by atoms with Crippen LogP contribution in [0.4, 0.5) is 30.5 Å². The molecule has 9 nitrogen and oxygen atoms in total. The molecule has 0 spiro atoms. The number of rotatable bonds is 2. The highest BCUT2D eigenvalue weighted by molar-refractivity contribution is 5.98. The summed E-state index contributed by atoms with van der Waals surface area (Å²) in [4.78, 5) is 8.53. The van der Waals surface area contributed by atoms with E-state index >= 15 is 0 Å². The summed E-state index contributed by atoms with van der Waals surface area (Å²) in [6, 6.07) is 9.84. The zero-order chi connectivity index (χ0) is 24.6. The molecule has 1 aromatic heterocycles. The number of benzene rings is 2. The molecule has 1 aliphatic heterocycles. The second-order valence-corrected chi connectivity index (χ2v) is 7.25. The number of anilines is 3. The standard InChI is InChI=1S/C22H15F3N8O/c23-22(24,25)12-4-1-10(2-5-12)11-3-6-15(34)13(7-11)18-16-17(28)14(8-26)19(29)32-20(16)33-21(31-18)30-9-27/h1-7,18,34H,(H6,28,29,30,31,32,33). The Bertz CT molecular complexity index is 1400. The average molecular weight is 464 g/mol. The second kappa shape index (κ2) is 8.18. The van der Waals surface area contributed by atoms with Crippen molar-refractivity contribution in [2.45, 2.75) is 12.2 Å². The lowest BCUT2D eigenvalue weighted by atomic mass is 9.92. The molecular weight excluding hydrogens is 449 g/mol. The number of aliphatic imine (C=N–C) groups is 1. The number of nitriles is 2. The molecule has 34 heavy (non-hydrogen) atoms. The van der Waals surface area contributed by atoms with Crippen molar-refractivity contribution in [3.63, 3.8) is 0 Å². The number of nitrogen functional groups attached to an aromatic ring is 2. The van der Waals surface area contributed by atoms with E-state index in [1.54, 1.807) is 6.19 Å². The number of aromatic hydroxyl groups is 1. The Labute approximate surface area is 190 Å². The molecule has 0 amide bonds. The first-order valence-corrected chi connectivity index (χ1v) is 9.63. The van der Waals surface area contributed by atoms with Crippen molar-refractivity contribution in [1.82, 2.24) is 10.3 Å². The van der Waals surface area contributed by atoms with Crippen molar-refractivity contribution in [1.29, 1.82) is 10.5 Å². The third-order valence-electron chi connectivity index (χ3n) is 5.23. The van der Waals surface area contributed by atoms with E-state index in [4.69, 9.17) is 16.7 Å². The normalized spacial score (nSPS) is 14.7. The predicted octanol–water partition coefficient (Wildman–Crippen LogP) is 3.45. The van der Waals surface area contributed by atoms with Crippen LogP contribution in [0.3, 0.4) is 0 Å². The molecule has 0 bridgehead atoms. The van der Waals surface area contributed by atoms with E-state index in [0.29, 0.717) is 11.1 Å². The highest BCUT2D eigenvalue weighted by atomic mass is 19.4. The fourth-order valence-electron chi connectivity index (χ4n) is 3.61. The Balaban J connectivity index is 1.87. The first kappa shape index (κ1) is 22.2. The summed E-state index contributed by atoms with van der Waals surface area (Å²) in [7, 11) is 0. The number of guanidine groups is 1. The summed E-state index contributed by atoms with van der Waals surface area (Å²) < 4.78 is 38.8. The number of halogens is 3. The molecule has 0 saturated heterocycles. The van der Waals surface area contributed by atoms with Crippen LogP contribution in [0.1, 0.15) is 28.3 Å². The summed E-state index contributed by atoms with van der Waals surface area (Å²) in [5, 5.41) is 34.2. The van der Waals surface area contributed by atoms with E-state index in [9.17, 15) is 23.5 Å². The summed E-state index contributed by atoms with van der Waals surface area (Å²) in [6.45, 7) is 0. The molecule has 2 heterocycles. The summed E-state index contributed by atoms with van der Waals surface area (Å²) in [6.07, 6.45) is -2.75. The SMILES string of the molecule is N#CNC1=NC(c2cc(-c3ccc(C(F)(F)F)cc3)ccc2O)c2c(nc(N)c(C#N)c2N)N1. The lowest BCUT2D eigenvalue weighted by Gasteiger charge is -2.26. The maximum atomic E-state index is 12.9. The van der Waals surface area contributed by atoms with Gasteiger partial charge in [0.25, 0.3) is 0 Å². The molecule has 1 atom stereocenters. The fraction of sp³-hybridized carbons (Fsp3) is 0.0909. The number of nitrogens with two attached hydrogens (primary N) is 2. The van der Waals surface area contributed by atoms with Gasteiger partial charge in [-0.15, -0.1) is 0 Å². The lowest BCUT2D eigenvalue weighted by molar-refractivity contribution is -0.137. The van der Waals surface area contributed by atoms with Gasteiger partial charge in [0.1, 0.15) is 35.1 Å². The van der Waals surface area contributed by atoms with Gasteiger partial charge in [-0.25, -0.2) is 9.98 Å². The van der Waals surface area contributed by atoms with Crippen molar-refractivity contribution >= 4 is 23.3 Å². The molecule has 4 rings (SSSR count). The largest absolute Gasteiger partial charge is 0.508 e. The van der Waals surface area contributed by atoms with Crippen LogP contribution in [0.5, 0.6) is 5.75 Å². The van der Waals surface area contributed by atoms with Gasteiger partial charge in [0, 0.05) is 11.1 Å². The van der Waals surface area contributed by atoms with Crippen LogP contribution < -0.4 is 22.1 Å². The first-order chi connectivity index (χ1) is 16.1. The highest BCUT2D eigenvalue weighted by Gasteiger charge is 2.32. The Hall–Kier alpha value is -4.97. The van der Waals surface area contributed by atoms with Crippen LogP contribution in [-0.2, 0) is 6.18 Å². The molecule has 2 aromatic carbocycles. The third-order valence-corrected chi connectivity index (χ3v) is 5.23. The Morgan fingerprint density at radius 1 is 1.06 bits per heavy atom. The van der Waals surface area contributed by atoms with Gasteiger partial charge in [0.2, 0.25) is 5.96 Å². The van der Waals surface area contributed by atoms with E-state index in [0.717, 1.165) is 12.1 Å². The lowest BCUT2D eigenvalue weighted by Crippen LogP contribution is -2.32. The van der Waals surface area contributed by atoms with Crippen LogP contribution in [0, 0.1) is 22.8 Å². The van der Waals surface area contributed by atoms with Gasteiger partial charge in [-0.3, -0.25) is 5.32 Å². The highest BCUT2D eigenvalue weighted by Crippen LogP contribution is 2.44. The Morgan fingerprint density at radius 3 is 2.35 bits per heavy atom. The number of nitrogens with one attached hydrogen (secondary N) is 2. The average Bonchev–Trinajstić information content (AvgIpc) is 2.79. The smallest absolute Gasteiger partial charge is 0.416 e. The quantitative estimate of drug-likeness (QED) is 0.284. The van der Waals surface area contributed by atoms with Crippen LogP contribution in [-0.4, -0.2) is 16.1 Å². The zero-order valence-corrected chi connectivity index (χ0v) is 17.1. The number of phenolic OH excluding ortho intramolecular Hbond substituents is 1. The van der Waals surface area contributed by atoms with E-state index in [2.05, 4.69) is 20.6 Å². The van der Waals surface area contributed by atoms with Gasteiger partial charge < -0.3 is 21.9 Å². The van der Waals surface area contributed by atoms with Crippen molar-refractivity contribution in [3.05, 3.63) is 64.7 Å². The van der Waals surface area contributed by atoms with E-state index in [1.807, 2.05) is 6.07 Å². The van der Waals surface area contributed by atoms with Crippen LogP contribution >= 0.6 is 0 Å². The molecule has 1 aliphatic rings. The molecule has 0 saturated carbocycles. The van der Waals surface area contributed by atoms with Crippen LogP contribution in [0.2, 0.25) is 0 Å². The second-order valence-electron chi connectivity index (χ2n) is 7.25. The third kappa shape index (κ3) is 3.84. The predicted molar refractivity (Wildman–Crippen MR) is 118 cm³/mol. The summed E-state index contributed by atoms with van der Waals surface area (Å²) in [5.74, 6) is -0.198. The van der Waals surface area contributed by atoms with E-state index in [-0.39, 0.29) is 45.7 Å². The zero-order valence-electron chi connectivity index (χ0n) is 17.1. The minimum absolute atomic E-state index is 0.00431. The number of alkyl halides is 3. The monoisotopic (exact) mass is 464 g/mol. The summed E-state index contributed by atoms with van der Waals surface area (Å²) in [5.41, 5.74) is 12.6. The van der Waals surface area contributed by atoms with Gasteiger partial charge in [-0.2, -0.15) is 23.7 Å². The van der Waals surface area contributed by atoms with E-state index < -0.39 is 17.8 Å². The van der Waals surface area contributed by atoms with Crippen molar-refractivity contribution in [2.75, 3.05) is 16.8 Å². The maximum Gasteiger partial charge on any atom is 0.416 e. The van der Waals surface area contributed by atoms with Gasteiger partial charge in [-0.1, -0.05) is 18.2 Å².